The van der Waals surface area contributed by atoms with Crippen molar-refractivity contribution < 1.29 is 13.9 Å². The van der Waals surface area contributed by atoms with Gasteiger partial charge in [-0.25, -0.2) is 0 Å². The highest BCUT2D eigenvalue weighted by molar-refractivity contribution is 7.80. The fraction of sp³-hybridized carbons (Fsp3) is 0.200. The number of furan rings is 1. The lowest BCUT2D eigenvalue weighted by molar-refractivity contribution is 0.354. The quantitative estimate of drug-likeness (QED) is 0.617. The molecule has 3 aromatic rings. The van der Waals surface area contributed by atoms with Gasteiger partial charge in [-0.1, -0.05) is 6.07 Å². The first kappa shape index (κ1) is 18.7. The summed E-state index contributed by atoms with van der Waals surface area (Å²) in [6, 6.07) is 15.2. The molecule has 1 aromatic carbocycles. The lowest BCUT2D eigenvalue weighted by atomic mass is 10.2. The van der Waals surface area contributed by atoms with Gasteiger partial charge in [-0.3, -0.25) is 4.98 Å². The van der Waals surface area contributed by atoms with Gasteiger partial charge in [-0.15, -0.1) is 0 Å². The summed E-state index contributed by atoms with van der Waals surface area (Å²) < 4.78 is 16.1. The van der Waals surface area contributed by atoms with Crippen LogP contribution in [0.4, 0.5) is 5.69 Å². The van der Waals surface area contributed by atoms with Crippen LogP contribution in [0.2, 0.25) is 0 Å². The van der Waals surface area contributed by atoms with Gasteiger partial charge < -0.3 is 24.1 Å². The number of thiocarbonyl (C=S) groups is 1. The van der Waals surface area contributed by atoms with Gasteiger partial charge in [0.15, 0.2) is 16.6 Å². The smallest absolute Gasteiger partial charge is 0.174 e. The Hall–Kier alpha value is -3.06. The predicted molar refractivity (Wildman–Crippen MR) is 108 cm³/mol. The lowest BCUT2D eigenvalue weighted by Gasteiger charge is -2.25. The minimum absolute atomic E-state index is 0.530. The van der Waals surface area contributed by atoms with Crippen LogP contribution in [-0.4, -0.2) is 29.2 Å². The van der Waals surface area contributed by atoms with Crippen molar-refractivity contribution in [3.63, 3.8) is 0 Å². The lowest BCUT2D eigenvalue weighted by Crippen LogP contribution is -2.34. The zero-order chi connectivity index (χ0) is 19.1. The summed E-state index contributed by atoms with van der Waals surface area (Å²) in [4.78, 5) is 6.38. The van der Waals surface area contributed by atoms with E-state index in [0.29, 0.717) is 29.7 Å². The average molecular weight is 383 g/mol. The number of nitrogens with zero attached hydrogens (tertiary/aromatic N) is 2. The molecule has 27 heavy (non-hydrogen) atoms. The maximum absolute atomic E-state index is 5.64. The molecule has 0 aliphatic heterocycles. The van der Waals surface area contributed by atoms with E-state index in [0.717, 1.165) is 17.1 Å². The number of methoxy groups -OCH3 is 2. The molecule has 0 aliphatic carbocycles. The van der Waals surface area contributed by atoms with Crippen LogP contribution in [0.15, 0.2) is 65.4 Å². The maximum Gasteiger partial charge on any atom is 0.174 e. The Morgan fingerprint density at radius 3 is 2.59 bits per heavy atom. The molecular formula is C20H21N3O3S. The molecular weight excluding hydrogens is 362 g/mol. The number of aromatic nitrogens is 1. The monoisotopic (exact) mass is 383 g/mol. The van der Waals surface area contributed by atoms with E-state index < -0.39 is 0 Å². The van der Waals surface area contributed by atoms with Gasteiger partial charge in [-0.2, -0.15) is 0 Å². The molecule has 2 heterocycles. The molecule has 0 aliphatic rings. The first-order chi connectivity index (χ1) is 13.2. The van der Waals surface area contributed by atoms with Crippen LogP contribution >= 0.6 is 12.2 Å². The molecule has 7 heteroatoms. The Kier molecular flexibility index (Phi) is 6.27. The Labute approximate surface area is 163 Å². The molecule has 0 atom stereocenters. The molecule has 0 unspecified atom stereocenters. The molecule has 2 aromatic heterocycles. The highest BCUT2D eigenvalue weighted by atomic mass is 32.1. The second kappa shape index (κ2) is 9.05. The van der Waals surface area contributed by atoms with Crippen LogP contribution in [0, 0.1) is 0 Å². The standard InChI is InChI=1S/C20H21N3O3S/c1-24-18-9-8-15(12-19(18)25-2)22-20(27)23(14-17-7-5-11-26-17)13-16-6-3-4-10-21-16/h3-12H,13-14H2,1-2H3,(H,22,27). The Balaban J connectivity index is 1.77. The van der Waals surface area contributed by atoms with Crippen LogP contribution in [-0.2, 0) is 13.1 Å². The molecule has 1 N–H and O–H groups in total. The van der Waals surface area contributed by atoms with E-state index in [9.17, 15) is 0 Å². The third-order valence-electron chi connectivity index (χ3n) is 3.93. The van der Waals surface area contributed by atoms with E-state index in [1.54, 1.807) is 26.7 Å². The van der Waals surface area contributed by atoms with E-state index in [1.807, 2.05) is 53.4 Å². The second-order valence-corrected chi connectivity index (χ2v) is 6.14. The number of anilines is 1. The zero-order valence-corrected chi connectivity index (χ0v) is 16.0. The van der Waals surface area contributed by atoms with E-state index in [1.165, 1.54) is 0 Å². The molecule has 0 spiro atoms. The summed E-state index contributed by atoms with van der Waals surface area (Å²) in [5.41, 5.74) is 1.73. The van der Waals surface area contributed by atoms with Crippen LogP contribution in [0.3, 0.4) is 0 Å². The molecule has 0 saturated heterocycles. The van der Waals surface area contributed by atoms with Gasteiger partial charge in [0.05, 0.1) is 39.3 Å². The molecule has 3 rings (SSSR count). The highest BCUT2D eigenvalue weighted by Crippen LogP contribution is 2.30. The van der Waals surface area contributed by atoms with Gasteiger partial charge in [0.2, 0.25) is 0 Å². The molecule has 0 radical (unpaired) electrons. The highest BCUT2D eigenvalue weighted by Gasteiger charge is 2.14. The van der Waals surface area contributed by atoms with Crippen LogP contribution in [0.25, 0.3) is 0 Å². The van der Waals surface area contributed by atoms with Gasteiger partial charge in [0, 0.05) is 18.0 Å². The topological polar surface area (TPSA) is 59.8 Å². The molecule has 0 bridgehead atoms. The number of nitrogens with one attached hydrogen (secondary N) is 1. The van der Waals surface area contributed by atoms with Gasteiger partial charge in [-0.05, 0) is 48.6 Å². The first-order valence-electron chi connectivity index (χ1n) is 8.40. The van der Waals surface area contributed by atoms with Crippen molar-refractivity contribution in [1.29, 1.82) is 0 Å². The molecule has 0 saturated carbocycles. The summed E-state index contributed by atoms with van der Waals surface area (Å²) >= 11 is 5.64. The van der Waals surface area contributed by atoms with E-state index in [4.69, 9.17) is 26.1 Å². The van der Waals surface area contributed by atoms with E-state index in [-0.39, 0.29) is 0 Å². The summed E-state index contributed by atoms with van der Waals surface area (Å²) in [5, 5.41) is 3.81. The largest absolute Gasteiger partial charge is 0.493 e. The van der Waals surface area contributed by atoms with Crippen molar-refractivity contribution >= 4 is 23.0 Å². The number of hydrogen-bond donors (Lipinski definition) is 1. The fourth-order valence-electron chi connectivity index (χ4n) is 2.59. The maximum atomic E-state index is 5.64. The summed E-state index contributed by atoms with van der Waals surface area (Å²) in [7, 11) is 3.21. The van der Waals surface area contributed by atoms with E-state index >= 15 is 0 Å². The Morgan fingerprint density at radius 2 is 1.93 bits per heavy atom. The summed E-state index contributed by atoms with van der Waals surface area (Å²) in [6.07, 6.45) is 3.42. The number of benzene rings is 1. The van der Waals surface area contributed by atoms with Crippen molar-refractivity contribution in [2.24, 2.45) is 0 Å². The minimum atomic E-state index is 0.530. The van der Waals surface area contributed by atoms with E-state index in [2.05, 4.69) is 10.3 Å². The fourth-order valence-corrected chi connectivity index (χ4v) is 2.84. The van der Waals surface area contributed by atoms with Crippen LogP contribution in [0.1, 0.15) is 11.5 Å². The Morgan fingerprint density at radius 1 is 1.07 bits per heavy atom. The van der Waals surface area contributed by atoms with Crippen molar-refractivity contribution in [3.8, 4) is 11.5 Å². The molecule has 6 nitrogen and oxygen atoms in total. The van der Waals surface area contributed by atoms with Gasteiger partial charge in [0.25, 0.3) is 0 Å². The van der Waals surface area contributed by atoms with Crippen LogP contribution in [0.5, 0.6) is 11.5 Å². The number of pyridine rings is 1. The van der Waals surface area contributed by atoms with Crippen molar-refractivity contribution in [2.45, 2.75) is 13.1 Å². The molecule has 0 fully saturated rings. The molecule has 0 amide bonds. The minimum Gasteiger partial charge on any atom is -0.493 e. The normalized spacial score (nSPS) is 10.3. The zero-order valence-electron chi connectivity index (χ0n) is 15.2. The van der Waals surface area contributed by atoms with Crippen molar-refractivity contribution in [1.82, 2.24) is 9.88 Å². The first-order valence-corrected chi connectivity index (χ1v) is 8.80. The summed E-state index contributed by atoms with van der Waals surface area (Å²) in [6.45, 7) is 1.09. The Bertz CT molecular complexity index is 869. The number of rotatable bonds is 7. The number of ether oxygens (including phenoxy) is 2. The number of hydrogen-bond acceptors (Lipinski definition) is 5. The second-order valence-electron chi connectivity index (χ2n) is 5.76. The van der Waals surface area contributed by atoms with Gasteiger partial charge >= 0.3 is 0 Å². The van der Waals surface area contributed by atoms with Crippen molar-refractivity contribution in [3.05, 3.63) is 72.4 Å². The SMILES string of the molecule is COc1ccc(NC(=S)N(Cc2ccccn2)Cc2ccco2)cc1OC. The van der Waals surface area contributed by atoms with Gasteiger partial charge in [0.1, 0.15) is 5.76 Å². The van der Waals surface area contributed by atoms with Crippen molar-refractivity contribution in [2.75, 3.05) is 19.5 Å². The predicted octanol–water partition coefficient (Wildman–Crippen LogP) is 4.09. The molecule has 140 valence electrons. The van der Waals surface area contributed by atoms with Crippen LogP contribution < -0.4 is 14.8 Å². The average Bonchev–Trinajstić information content (AvgIpc) is 3.21. The summed E-state index contributed by atoms with van der Waals surface area (Å²) in [5.74, 6) is 2.12. The third-order valence-corrected chi connectivity index (χ3v) is 4.29. The third kappa shape index (κ3) is 4.98.